The molecule has 0 atom stereocenters. The number of amides is 2. The molecule has 0 saturated carbocycles. The minimum Gasteiger partial charge on any atom is -0.356 e. The second-order valence-corrected chi connectivity index (χ2v) is 12.6. The lowest BCUT2D eigenvalue weighted by atomic mass is 10.1. The van der Waals surface area contributed by atoms with E-state index in [9.17, 15) is 9.59 Å². The third kappa shape index (κ3) is 14.5. The van der Waals surface area contributed by atoms with Crippen LogP contribution in [0.2, 0.25) is 0 Å². The lowest BCUT2D eigenvalue weighted by Crippen LogP contribution is -2.29. The highest BCUT2D eigenvalue weighted by Gasteiger charge is 2.18. The maximum Gasteiger partial charge on any atom is 0.233 e. The molecule has 1 N–H and O–H groups in total. The van der Waals surface area contributed by atoms with Gasteiger partial charge in [0.05, 0.1) is 10.2 Å². The van der Waals surface area contributed by atoms with Crippen LogP contribution < -0.4 is 5.32 Å². The smallest absolute Gasteiger partial charge is 0.233 e. The highest BCUT2D eigenvalue weighted by atomic mass is 32.2. The Bertz CT molecular complexity index is 869. The van der Waals surface area contributed by atoms with Crippen LogP contribution in [0.3, 0.4) is 0 Å². The number of hydrogen-bond acceptors (Lipinski definition) is 5. The number of nitrogens with zero attached hydrogens (tertiary/aromatic N) is 2. The highest BCUT2D eigenvalue weighted by Crippen LogP contribution is 2.32. The Kier molecular flexibility index (Phi) is 18.2. The van der Waals surface area contributed by atoms with Gasteiger partial charge >= 0.3 is 0 Å². The Labute approximate surface area is 240 Å². The summed E-state index contributed by atoms with van der Waals surface area (Å²) in [7, 11) is 0. The average Bonchev–Trinajstić information content (AvgIpc) is 3.34. The van der Waals surface area contributed by atoms with Gasteiger partial charge in [-0.15, -0.1) is 11.3 Å². The fraction of sp³-hybridized carbons (Fsp3) is 0.710. The average molecular weight is 562 g/mol. The number of thiazole rings is 1. The zero-order valence-corrected chi connectivity index (χ0v) is 25.6. The summed E-state index contributed by atoms with van der Waals surface area (Å²) < 4.78 is 3.87. The zero-order chi connectivity index (χ0) is 27.3. The van der Waals surface area contributed by atoms with Crippen molar-refractivity contribution in [2.45, 2.75) is 134 Å². The summed E-state index contributed by atoms with van der Waals surface area (Å²) in [5, 5.41) is 3.01. The van der Waals surface area contributed by atoms with Gasteiger partial charge in [-0.05, 0) is 25.0 Å². The molecule has 2 aromatic rings. The Morgan fingerprint density at radius 3 is 2.00 bits per heavy atom. The number of para-hydroxylation sites is 1. The molecular weight excluding hydrogens is 510 g/mol. The molecule has 0 bridgehead atoms. The van der Waals surface area contributed by atoms with Gasteiger partial charge in [-0.2, -0.15) is 0 Å². The van der Waals surface area contributed by atoms with Gasteiger partial charge in [0.15, 0.2) is 4.34 Å². The molecule has 214 valence electrons. The fourth-order valence-corrected chi connectivity index (χ4v) is 6.64. The van der Waals surface area contributed by atoms with Crippen LogP contribution >= 0.6 is 23.3 Å². The first-order valence-corrected chi connectivity index (χ1v) is 16.8. The van der Waals surface area contributed by atoms with Crippen molar-refractivity contribution in [1.82, 2.24) is 14.6 Å². The molecule has 1 aromatic carbocycles. The third-order valence-electron chi connectivity index (χ3n) is 6.87. The van der Waals surface area contributed by atoms with Gasteiger partial charge in [-0.1, -0.05) is 116 Å². The second-order valence-electron chi connectivity index (χ2n) is 10.3. The van der Waals surface area contributed by atoms with Gasteiger partial charge in [-0.25, -0.2) is 4.98 Å². The van der Waals surface area contributed by atoms with Crippen molar-refractivity contribution >= 4 is 45.3 Å². The van der Waals surface area contributed by atoms with Crippen molar-refractivity contribution in [3.8, 4) is 0 Å². The van der Waals surface area contributed by atoms with E-state index in [1.807, 2.05) is 22.5 Å². The maximum atomic E-state index is 13.1. The van der Waals surface area contributed by atoms with Crippen LogP contribution in [0.1, 0.15) is 129 Å². The number of carbonyl (C=O) groups is 2. The second kappa shape index (κ2) is 21.2. The predicted octanol–water partition coefficient (Wildman–Crippen LogP) is 9.31. The summed E-state index contributed by atoms with van der Waals surface area (Å²) in [6.45, 7) is 5.90. The Morgan fingerprint density at radius 1 is 0.789 bits per heavy atom. The molecule has 5 nitrogen and oxygen atoms in total. The number of fused-ring (bicyclic) bond motifs is 1. The van der Waals surface area contributed by atoms with Crippen LogP contribution in [-0.2, 0) is 9.59 Å². The molecule has 0 unspecified atom stereocenters. The van der Waals surface area contributed by atoms with E-state index in [-0.39, 0.29) is 24.7 Å². The number of aromatic nitrogens is 1. The first-order chi connectivity index (χ1) is 18.6. The topological polar surface area (TPSA) is 62.3 Å². The van der Waals surface area contributed by atoms with E-state index in [1.54, 1.807) is 11.3 Å². The van der Waals surface area contributed by atoms with Gasteiger partial charge in [0.25, 0.3) is 0 Å². The Hall–Kier alpha value is -1.60. The standard InChI is InChI=1S/C31H51N3O2S2/c1-3-5-7-9-11-13-15-19-25-32-29(35)23-24-30(36)34(26-20-16-14-12-10-8-6-4-2)38-31-33-27-21-17-18-22-28(27)37-31/h17-18,21-22H,3-16,19-20,23-26H2,1-2H3,(H,32,35). The molecule has 7 heteroatoms. The van der Waals surface area contributed by atoms with Crippen LogP contribution in [-0.4, -0.2) is 34.2 Å². The van der Waals surface area contributed by atoms with E-state index in [4.69, 9.17) is 4.98 Å². The van der Waals surface area contributed by atoms with Crippen LogP contribution in [0.15, 0.2) is 28.6 Å². The molecule has 1 aromatic heterocycles. The lowest BCUT2D eigenvalue weighted by molar-refractivity contribution is -0.129. The first-order valence-electron chi connectivity index (χ1n) is 15.2. The number of carbonyl (C=O) groups excluding carboxylic acids is 2. The zero-order valence-electron chi connectivity index (χ0n) is 24.0. The molecule has 0 fully saturated rings. The molecule has 38 heavy (non-hydrogen) atoms. The van der Waals surface area contributed by atoms with Crippen molar-refractivity contribution in [1.29, 1.82) is 0 Å². The molecule has 0 aliphatic carbocycles. The largest absolute Gasteiger partial charge is 0.356 e. The van der Waals surface area contributed by atoms with Gasteiger partial charge in [0, 0.05) is 37.9 Å². The minimum atomic E-state index is -0.0155. The monoisotopic (exact) mass is 561 g/mol. The minimum absolute atomic E-state index is 0.0155. The number of benzene rings is 1. The quantitative estimate of drug-likeness (QED) is 0.108. The van der Waals surface area contributed by atoms with Gasteiger partial charge in [0.1, 0.15) is 0 Å². The van der Waals surface area contributed by atoms with E-state index >= 15 is 0 Å². The number of unbranched alkanes of at least 4 members (excludes halogenated alkanes) is 14. The summed E-state index contributed by atoms with van der Waals surface area (Å²) in [5.41, 5.74) is 0.972. The van der Waals surface area contributed by atoms with E-state index in [0.717, 1.165) is 40.2 Å². The van der Waals surface area contributed by atoms with Crippen LogP contribution in [0.5, 0.6) is 0 Å². The Morgan fingerprint density at radius 2 is 1.37 bits per heavy atom. The van der Waals surface area contributed by atoms with Crippen molar-refractivity contribution < 1.29 is 9.59 Å². The predicted molar refractivity (Wildman–Crippen MR) is 165 cm³/mol. The molecule has 0 aliphatic rings. The van der Waals surface area contributed by atoms with E-state index < -0.39 is 0 Å². The van der Waals surface area contributed by atoms with Gasteiger partial charge in [0.2, 0.25) is 11.8 Å². The van der Waals surface area contributed by atoms with Crippen molar-refractivity contribution in [3.63, 3.8) is 0 Å². The molecule has 0 radical (unpaired) electrons. The van der Waals surface area contributed by atoms with Gasteiger partial charge in [-0.3, -0.25) is 13.9 Å². The molecule has 0 saturated heterocycles. The number of rotatable bonds is 23. The van der Waals surface area contributed by atoms with Crippen LogP contribution in [0.4, 0.5) is 0 Å². The molecule has 0 aliphatic heterocycles. The lowest BCUT2D eigenvalue weighted by Gasteiger charge is -2.20. The summed E-state index contributed by atoms with van der Waals surface area (Å²) in [5.74, 6) is 0.0118. The Balaban J connectivity index is 1.72. The summed E-state index contributed by atoms with van der Waals surface area (Å²) in [4.78, 5) is 30.2. The summed E-state index contributed by atoms with van der Waals surface area (Å²) in [6.07, 6.45) is 20.4. The molecule has 2 amide bonds. The summed E-state index contributed by atoms with van der Waals surface area (Å²) in [6, 6.07) is 8.09. The molecule has 0 spiro atoms. The van der Waals surface area contributed by atoms with Crippen molar-refractivity contribution in [2.75, 3.05) is 13.1 Å². The van der Waals surface area contributed by atoms with Crippen molar-refractivity contribution in [3.05, 3.63) is 24.3 Å². The highest BCUT2D eigenvalue weighted by molar-refractivity contribution is 7.99. The van der Waals surface area contributed by atoms with E-state index in [0.29, 0.717) is 13.1 Å². The van der Waals surface area contributed by atoms with E-state index in [2.05, 4.69) is 25.2 Å². The normalized spacial score (nSPS) is 11.2. The van der Waals surface area contributed by atoms with Gasteiger partial charge < -0.3 is 5.32 Å². The third-order valence-corrected chi connectivity index (χ3v) is 9.03. The molecule has 1 heterocycles. The van der Waals surface area contributed by atoms with Crippen LogP contribution in [0.25, 0.3) is 10.2 Å². The van der Waals surface area contributed by atoms with Crippen molar-refractivity contribution in [2.24, 2.45) is 0 Å². The molecular formula is C31H51N3O2S2. The maximum absolute atomic E-state index is 13.1. The summed E-state index contributed by atoms with van der Waals surface area (Å²) >= 11 is 3.07. The molecule has 2 rings (SSSR count). The van der Waals surface area contributed by atoms with Crippen LogP contribution in [0, 0.1) is 0 Å². The SMILES string of the molecule is CCCCCCCCCCNC(=O)CCC(=O)N(CCCCCCCCCC)Sc1nc2ccccc2s1. The first kappa shape index (κ1) is 32.6. The number of hydrogen-bond donors (Lipinski definition) is 1. The number of nitrogens with one attached hydrogen (secondary N) is 1. The fourth-order valence-electron chi connectivity index (χ4n) is 4.52. The van der Waals surface area contributed by atoms with E-state index in [1.165, 1.54) is 89.0 Å².